The molecule has 1 saturated heterocycles. The maximum Gasteiger partial charge on any atom is 0.254 e. The molecule has 140 valence electrons. The monoisotopic (exact) mass is 428 g/mol. The van der Waals surface area contributed by atoms with Crippen LogP contribution in [-0.4, -0.2) is 47.9 Å². The highest BCUT2D eigenvalue weighted by atomic mass is 79.9. The van der Waals surface area contributed by atoms with Crippen LogP contribution >= 0.6 is 15.9 Å². The first-order valence-electron chi connectivity index (χ1n) is 9.22. The Morgan fingerprint density at radius 3 is 2.26 bits per heavy atom. The summed E-state index contributed by atoms with van der Waals surface area (Å²) in [6, 6.07) is 12.9. The van der Waals surface area contributed by atoms with Gasteiger partial charge in [-0.25, -0.2) is 0 Å². The molecular weight excluding hydrogens is 408 g/mol. The lowest BCUT2D eigenvalue weighted by atomic mass is 10.1. The lowest BCUT2D eigenvalue weighted by Gasteiger charge is -2.20. The van der Waals surface area contributed by atoms with E-state index in [1.54, 1.807) is 4.90 Å². The number of ether oxygens (including phenoxy) is 1. The van der Waals surface area contributed by atoms with E-state index in [1.807, 2.05) is 47.4 Å². The molecule has 1 fully saturated rings. The van der Waals surface area contributed by atoms with Gasteiger partial charge < -0.3 is 14.5 Å². The molecule has 27 heavy (non-hydrogen) atoms. The van der Waals surface area contributed by atoms with Crippen molar-refractivity contribution in [3.05, 3.63) is 63.6 Å². The average Bonchev–Trinajstić information content (AvgIpc) is 3.14. The highest BCUT2D eigenvalue weighted by molar-refractivity contribution is 9.10. The number of rotatable bonds is 2. The number of likely N-dealkylation sites (tertiary alicyclic amines) is 1. The van der Waals surface area contributed by atoms with Gasteiger partial charge in [0, 0.05) is 40.8 Å². The molecule has 0 saturated carbocycles. The Labute approximate surface area is 167 Å². The fourth-order valence-electron chi connectivity index (χ4n) is 3.58. The molecule has 2 amide bonds. The Hall–Kier alpha value is -2.34. The van der Waals surface area contributed by atoms with Crippen molar-refractivity contribution in [3.8, 4) is 5.75 Å². The first-order chi connectivity index (χ1) is 13.1. The molecule has 2 aromatic carbocycles. The largest absolute Gasteiger partial charge is 0.491 e. The number of benzene rings is 2. The van der Waals surface area contributed by atoms with Gasteiger partial charge in [-0.3, -0.25) is 9.59 Å². The topological polar surface area (TPSA) is 49.9 Å². The van der Waals surface area contributed by atoms with Crippen molar-refractivity contribution in [1.29, 1.82) is 0 Å². The number of hydrogen-bond donors (Lipinski definition) is 0. The van der Waals surface area contributed by atoms with E-state index in [9.17, 15) is 9.59 Å². The Bertz CT molecular complexity index is 860. The molecule has 2 aliphatic heterocycles. The second kappa shape index (κ2) is 7.72. The van der Waals surface area contributed by atoms with E-state index in [1.165, 1.54) is 0 Å². The van der Waals surface area contributed by atoms with Gasteiger partial charge in [-0.15, -0.1) is 0 Å². The van der Waals surface area contributed by atoms with Crippen LogP contribution in [-0.2, 0) is 6.54 Å². The second-order valence-corrected chi connectivity index (χ2v) is 7.82. The van der Waals surface area contributed by atoms with Crippen LogP contribution in [0.4, 0.5) is 0 Å². The van der Waals surface area contributed by atoms with Crippen LogP contribution < -0.4 is 4.74 Å². The van der Waals surface area contributed by atoms with Crippen LogP contribution in [0.5, 0.6) is 5.75 Å². The van der Waals surface area contributed by atoms with Gasteiger partial charge in [0.05, 0.1) is 6.54 Å². The summed E-state index contributed by atoms with van der Waals surface area (Å²) < 4.78 is 6.76. The summed E-state index contributed by atoms with van der Waals surface area (Å²) in [5, 5.41) is 0. The summed E-state index contributed by atoms with van der Waals surface area (Å²) in [7, 11) is 0. The molecule has 2 heterocycles. The van der Waals surface area contributed by atoms with E-state index in [0.29, 0.717) is 30.8 Å². The van der Waals surface area contributed by atoms with Crippen LogP contribution in [0.1, 0.15) is 39.1 Å². The number of carbonyl (C=O) groups excluding carboxylic acids is 2. The zero-order valence-electron chi connectivity index (χ0n) is 15.0. The van der Waals surface area contributed by atoms with Crippen molar-refractivity contribution in [2.45, 2.75) is 19.4 Å². The van der Waals surface area contributed by atoms with Gasteiger partial charge >= 0.3 is 0 Å². The van der Waals surface area contributed by atoms with E-state index in [4.69, 9.17) is 4.74 Å². The minimum atomic E-state index is -0.0322. The molecule has 0 atom stereocenters. The first-order valence-corrected chi connectivity index (χ1v) is 10.0. The molecule has 0 bridgehead atoms. The highest BCUT2D eigenvalue weighted by Gasteiger charge is 2.24. The second-order valence-electron chi connectivity index (χ2n) is 6.90. The average molecular weight is 429 g/mol. The summed E-state index contributed by atoms with van der Waals surface area (Å²) in [4.78, 5) is 29.2. The van der Waals surface area contributed by atoms with Crippen molar-refractivity contribution in [2.24, 2.45) is 0 Å². The maximum absolute atomic E-state index is 12.9. The fourth-order valence-corrected chi connectivity index (χ4v) is 3.84. The zero-order valence-corrected chi connectivity index (χ0v) is 16.6. The molecule has 6 heteroatoms. The molecule has 0 radical (unpaired) electrons. The van der Waals surface area contributed by atoms with Gasteiger partial charge in [0.25, 0.3) is 11.8 Å². The van der Waals surface area contributed by atoms with E-state index >= 15 is 0 Å². The number of carbonyl (C=O) groups is 2. The van der Waals surface area contributed by atoms with Gasteiger partial charge in [0.1, 0.15) is 12.4 Å². The number of hydrogen-bond acceptors (Lipinski definition) is 3. The Kier molecular flexibility index (Phi) is 5.16. The summed E-state index contributed by atoms with van der Waals surface area (Å²) in [6.07, 6.45) is 2.13. The van der Waals surface area contributed by atoms with Gasteiger partial charge in [-0.2, -0.15) is 0 Å². The van der Waals surface area contributed by atoms with E-state index in [2.05, 4.69) is 15.9 Å². The molecule has 2 aliphatic rings. The minimum Gasteiger partial charge on any atom is -0.491 e. The summed E-state index contributed by atoms with van der Waals surface area (Å²) in [6.45, 7) is 3.03. The van der Waals surface area contributed by atoms with Crippen LogP contribution in [0, 0.1) is 0 Å². The van der Waals surface area contributed by atoms with Gasteiger partial charge in [-0.05, 0) is 55.3 Å². The predicted octanol–water partition coefficient (Wildman–Crippen LogP) is 3.72. The highest BCUT2D eigenvalue weighted by Crippen LogP contribution is 2.26. The molecule has 0 N–H and O–H groups in total. The van der Waals surface area contributed by atoms with Gasteiger partial charge in [-0.1, -0.05) is 15.9 Å². The van der Waals surface area contributed by atoms with Gasteiger partial charge in [0.2, 0.25) is 0 Å². The Morgan fingerprint density at radius 2 is 1.52 bits per heavy atom. The SMILES string of the molecule is O=C(c1ccc2c(c1)CN(C(=O)c1ccc(Br)cc1)CCO2)N1CCCC1. The fraction of sp³-hybridized carbons (Fsp3) is 0.333. The Balaban J connectivity index is 1.57. The van der Waals surface area contributed by atoms with Gasteiger partial charge in [0.15, 0.2) is 0 Å². The van der Waals surface area contributed by atoms with Crippen molar-refractivity contribution in [3.63, 3.8) is 0 Å². The first kappa shape index (κ1) is 18.0. The van der Waals surface area contributed by atoms with Crippen LogP contribution in [0.15, 0.2) is 46.9 Å². The van der Waals surface area contributed by atoms with E-state index < -0.39 is 0 Å². The number of fused-ring (bicyclic) bond motifs is 1. The summed E-state index contributed by atoms with van der Waals surface area (Å²) in [5.41, 5.74) is 2.19. The van der Waals surface area contributed by atoms with Crippen LogP contribution in [0.3, 0.4) is 0 Å². The van der Waals surface area contributed by atoms with Crippen LogP contribution in [0.2, 0.25) is 0 Å². The molecule has 0 aromatic heterocycles. The van der Waals surface area contributed by atoms with Crippen molar-refractivity contribution in [2.75, 3.05) is 26.2 Å². The maximum atomic E-state index is 12.9. The third kappa shape index (κ3) is 3.86. The Morgan fingerprint density at radius 1 is 0.852 bits per heavy atom. The molecule has 0 aliphatic carbocycles. The summed E-state index contributed by atoms with van der Waals surface area (Å²) >= 11 is 3.39. The number of amides is 2. The van der Waals surface area contributed by atoms with Crippen molar-refractivity contribution < 1.29 is 14.3 Å². The number of halogens is 1. The third-order valence-corrected chi connectivity index (χ3v) is 5.59. The smallest absolute Gasteiger partial charge is 0.254 e. The lowest BCUT2D eigenvalue weighted by molar-refractivity contribution is 0.0733. The van der Waals surface area contributed by atoms with Crippen LogP contribution in [0.25, 0.3) is 0 Å². The molecule has 4 rings (SSSR count). The van der Waals surface area contributed by atoms with E-state index in [0.717, 1.165) is 41.7 Å². The third-order valence-electron chi connectivity index (χ3n) is 5.06. The van der Waals surface area contributed by atoms with Crippen molar-refractivity contribution in [1.82, 2.24) is 9.80 Å². The molecule has 0 spiro atoms. The predicted molar refractivity (Wildman–Crippen MR) is 106 cm³/mol. The lowest BCUT2D eigenvalue weighted by Crippen LogP contribution is -2.32. The minimum absolute atomic E-state index is 0.0322. The standard InChI is InChI=1S/C21H21BrN2O3/c22-18-6-3-15(4-7-18)20(25)24-11-12-27-19-8-5-16(13-17(19)14-24)21(26)23-9-1-2-10-23/h3-8,13H,1-2,9-12,14H2. The van der Waals surface area contributed by atoms with Crippen molar-refractivity contribution >= 4 is 27.7 Å². The van der Waals surface area contributed by atoms with E-state index in [-0.39, 0.29) is 11.8 Å². The molecule has 5 nitrogen and oxygen atoms in total. The summed E-state index contributed by atoms with van der Waals surface area (Å²) in [5.74, 6) is 0.777. The molecule has 2 aromatic rings. The number of nitrogens with zero attached hydrogens (tertiary/aromatic N) is 2. The normalized spacial score (nSPS) is 16.5. The molecular formula is C21H21BrN2O3. The molecule has 0 unspecified atom stereocenters. The zero-order chi connectivity index (χ0) is 18.8. The quantitative estimate of drug-likeness (QED) is 0.732.